The van der Waals surface area contributed by atoms with Gasteiger partial charge in [0.1, 0.15) is 12.7 Å². The van der Waals surface area contributed by atoms with Crippen molar-refractivity contribution in [3.05, 3.63) is 48.0 Å². The second-order valence-electron chi connectivity index (χ2n) is 6.91. The molecule has 150 valence electrons. The maximum absolute atomic E-state index is 12.3. The van der Waals surface area contributed by atoms with Crippen LogP contribution in [0.3, 0.4) is 0 Å². The lowest BCUT2D eigenvalue weighted by molar-refractivity contribution is -0.122. The van der Waals surface area contributed by atoms with E-state index in [4.69, 9.17) is 0 Å². The quantitative estimate of drug-likeness (QED) is 0.731. The Balaban J connectivity index is 0.00000182. The lowest BCUT2D eigenvalue weighted by atomic mass is 9.84. The molecule has 2 N–H and O–H groups in total. The number of amides is 1. The summed E-state index contributed by atoms with van der Waals surface area (Å²) in [5.41, 5.74) is 2.28. The number of hydrogen-bond acceptors (Lipinski definition) is 4. The Morgan fingerprint density at radius 3 is 2.63 bits per heavy atom. The van der Waals surface area contributed by atoms with Crippen molar-refractivity contribution in [3.63, 3.8) is 0 Å². The average Bonchev–Trinajstić information content (AvgIpc) is 3.15. The molecule has 3 rings (SSSR count). The number of nitrogens with zero attached hydrogens (tertiary/aromatic N) is 3. The van der Waals surface area contributed by atoms with Gasteiger partial charge in [-0.3, -0.25) is 4.79 Å². The Hall–Kier alpha value is -1.63. The zero-order valence-electron chi connectivity index (χ0n) is 15.6. The zero-order chi connectivity index (χ0) is 17.5. The van der Waals surface area contributed by atoms with Crippen molar-refractivity contribution in [1.29, 1.82) is 0 Å². The lowest BCUT2D eigenvalue weighted by Gasteiger charge is -2.27. The fourth-order valence-electron chi connectivity index (χ4n) is 3.51. The Morgan fingerprint density at radius 1 is 1.26 bits per heavy atom. The molecule has 1 aliphatic rings. The number of benzene rings is 1. The summed E-state index contributed by atoms with van der Waals surface area (Å²) in [4.78, 5) is 16.3. The summed E-state index contributed by atoms with van der Waals surface area (Å²) >= 11 is 0. The topological polar surface area (TPSA) is 71.8 Å². The molecule has 1 aromatic heterocycles. The summed E-state index contributed by atoms with van der Waals surface area (Å²) in [5.74, 6) is 1.24. The molecule has 0 spiro atoms. The molecule has 6 nitrogen and oxygen atoms in total. The van der Waals surface area contributed by atoms with Crippen LogP contribution in [-0.2, 0) is 17.9 Å². The molecule has 0 aliphatic carbocycles. The first kappa shape index (κ1) is 23.4. The van der Waals surface area contributed by atoms with Crippen molar-refractivity contribution < 1.29 is 4.79 Å². The summed E-state index contributed by atoms with van der Waals surface area (Å²) in [5, 5.41) is 10.6. The van der Waals surface area contributed by atoms with E-state index < -0.39 is 0 Å². The number of hydrogen-bond donors (Lipinski definition) is 2. The zero-order valence-corrected chi connectivity index (χ0v) is 17.3. The predicted octanol–water partition coefficient (Wildman–Crippen LogP) is 2.81. The van der Waals surface area contributed by atoms with Gasteiger partial charge in [0.05, 0.1) is 6.54 Å². The number of piperidine rings is 1. The van der Waals surface area contributed by atoms with Crippen LogP contribution in [0.2, 0.25) is 0 Å². The molecule has 1 saturated heterocycles. The number of rotatable bonds is 7. The molecule has 1 amide bonds. The molecule has 1 aliphatic heterocycles. The number of carbonyl (C=O) groups is 1. The van der Waals surface area contributed by atoms with Gasteiger partial charge in [-0.2, -0.15) is 5.10 Å². The molecule has 0 bridgehead atoms. The molecule has 1 aromatic carbocycles. The van der Waals surface area contributed by atoms with Crippen LogP contribution in [0.1, 0.15) is 37.3 Å². The first-order valence-electron chi connectivity index (χ1n) is 9.09. The van der Waals surface area contributed by atoms with Crippen molar-refractivity contribution in [3.8, 4) is 0 Å². The minimum Gasteiger partial charge on any atom is -0.352 e. The van der Waals surface area contributed by atoms with E-state index in [1.807, 2.05) is 12.1 Å². The highest BCUT2D eigenvalue weighted by Crippen LogP contribution is 2.24. The Labute approximate surface area is 173 Å². The molecule has 0 radical (unpaired) electrons. The number of aromatic nitrogens is 3. The van der Waals surface area contributed by atoms with Crippen LogP contribution in [-0.4, -0.2) is 33.8 Å². The van der Waals surface area contributed by atoms with Gasteiger partial charge in [-0.1, -0.05) is 31.2 Å². The monoisotopic (exact) mass is 413 g/mol. The van der Waals surface area contributed by atoms with Gasteiger partial charge < -0.3 is 10.6 Å². The second kappa shape index (κ2) is 12.0. The van der Waals surface area contributed by atoms with E-state index in [1.165, 1.54) is 19.2 Å². The van der Waals surface area contributed by atoms with E-state index in [0.29, 0.717) is 31.3 Å². The molecule has 1 fully saturated rings. The Kier molecular flexibility index (Phi) is 10.4. The van der Waals surface area contributed by atoms with Gasteiger partial charge in [0.15, 0.2) is 0 Å². The molecule has 1 unspecified atom stereocenters. The van der Waals surface area contributed by atoms with E-state index in [1.54, 1.807) is 11.0 Å². The van der Waals surface area contributed by atoms with Crippen LogP contribution in [0.15, 0.2) is 36.9 Å². The van der Waals surface area contributed by atoms with E-state index in [2.05, 4.69) is 39.8 Å². The first-order chi connectivity index (χ1) is 12.2. The molecular weight excluding hydrogens is 385 g/mol. The molecule has 8 heteroatoms. The first-order valence-corrected chi connectivity index (χ1v) is 9.09. The highest BCUT2D eigenvalue weighted by molar-refractivity contribution is 5.85. The van der Waals surface area contributed by atoms with Crippen molar-refractivity contribution >= 4 is 30.7 Å². The van der Waals surface area contributed by atoms with Gasteiger partial charge >= 0.3 is 0 Å². The summed E-state index contributed by atoms with van der Waals surface area (Å²) in [6.45, 7) is 5.58. The highest BCUT2D eigenvalue weighted by atomic mass is 35.5. The number of nitrogens with one attached hydrogen (secondary N) is 2. The third-order valence-electron chi connectivity index (χ3n) is 5.09. The largest absolute Gasteiger partial charge is 0.352 e. The smallest absolute Gasteiger partial charge is 0.220 e. The van der Waals surface area contributed by atoms with Crippen molar-refractivity contribution in [2.24, 2.45) is 11.8 Å². The maximum atomic E-state index is 12.3. The molecule has 2 aromatic rings. The van der Waals surface area contributed by atoms with Gasteiger partial charge in [-0.25, -0.2) is 9.67 Å². The SMILES string of the molecule is CC(CC(=O)NCc1ccccc1Cn1cncn1)C1CCNCC1.Cl.Cl. The third-order valence-corrected chi connectivity index (χ3v) is 5.09. The summed E-state index contributed by atoms with van der Waals surface area (Å²) in [6.07, 6.45) is 6.20. The average molecular weight is 414 g/mol. The standard InChI is InChI=1S/C19H27N5O.2ClH/c1-15(16-6-8-20-9-7-16)10-19(25)22-11-17-4-2-3-5-18(17)12-24-14-21-13-23-24;;/h2-5,13-16,20H,6-12H2,1H3,(H,22,25);2*1H. The van der Waals surface area contributed by atoms with Crippen molar-refractivity contribution in [2.45, 2.75) is 39.3 Å². The molecule has 0 saturated carbocycles. The van der Waals surface area contributed by atoms with E-state index in [0.717, 1.165) is 24.2 Å². The summed E-state index contributed by atoms with van der Waals surface area (Å²) in [6, 6.07) is 8.14. The Morgan fingerprint density at radius 2 is 1.96 bits per heavy atom. The van der Waals surface area contributed by atoms with Gasteiger partial charge in [-0.15, -0.1) is 24.8 Å². The van der Waals surface area contributed by atoms with Gasteiger partial charge in [0.25, 0.3) is 0 Å². The maximum Gasteiger partial charge on any atom is 0.220 e. The second-order valence-corrected chi connectivity index (χ2v) is 6.91. The van der Waals surface area contributed by atoms with Crippen LogP contribution in [0, 0.1) is 11.8 Å². The normalized spacial score (nSPS) is 15.3. The Bertz CT molecular complexity index is 674. The minimum absolute atomic E-state index is 0. The minimum atomic E-state index is 0. The highest BCUT2D eigenvalue weighted by Gasteiger charge is 2.21. The summed E-state index contributed by atoms with van der Waals surface area (Å²) in [7, 11) is 0. The van der Waals surface area contributed by atoms with Gasteiger partial charge in [0.2, 0.25) is 5.91 Å². The molecule has 27 heavy (non-hydrogen) atoms. The van der Waals surface area contributed by atoms with Crippen molar-refractivity contribution in [1.82, 2.24) is 25.4 Å². The molecule has 2 heterocycles. The third kappa shape index (κ3) is 7.13. The number of carbonyl (C=O) groups excluding carboxylic acids is 1. The van der Waals surface area contributed by atoms with Crippen LogP contribution >= 0.6 is 24.8 Å². The van der Waals surface area contributed by atoms with Crippen LogP contribution in [0.25, 0.3) is 0 Å². The van der Waals surface area contributed by atoms with E-state index >= 15 is 0 Å². The molecule has 1 atom stereocenters. The molecular formula is C19H29Cl2N5O. The van der Waals surface area contributed by atoms with Crippen LogP contribution in [0.4, 0.5) is 0 Å². The van der Waals surface area contributed by atoms with Gasteiger partial charge in [-0.05, 0) is 48.9 Å². The predicted molar refractivity (Wildman–Crippen MR) is 111 cm³/mol. The lowest BCUT2D eigenvalue weighted by Crippen LogP contribution is -2.33. The van der Waals surface area contributed by atoms with Gasteiger partial charge in [0, 0.05) is 13.0 Å². The van der Waals surface area contributed by atoms with Crippen LogP contribution < -0.4 is 10.6 Å². The van der Waals surface area contributed by atoms with E-state index in [9.17, 15) is 4.79 Å². The summed E-state index contributed by atoms with van der Waals surface area (Å²) < 4.78 is 1.79. The van der Waals surface area contributed by atoms with E-state index in [-0.39, 0.29) is 30.7 Å². The van der Waals surface area contributed by atoms with Crippen molar-refractivity contribution in [2.75, 3.05) is 13.1 Å². The fraction of sp³-hybridized carbons (Fsp3) is 0.526. The fourth-order valence-corrected chi connectivity index (χ4v) is 3.51. The van der Waals surface area contributed by atoms with Crippen LogP contribution in [0.5, 0.6) is 0 Å². The number of halogens is 2.